The fourth-order valence-corrected chi connectivity index (χ4v) is 1.82. The second kappa shape index (κ2) is 7.47. The topological polar surface area (TPSA) is 12.0 Å². The summed E-state index contributed by atoms with van der Waals surface area (Å²) in [5.41, 5.74) is 1.44. The molecule has 1 aromatic carbocycles. The van der Waals surface area contributed by atoms with Gasteiger partial charge in [-0.15, -0.1) is 0 Å². The van der Waals surface area contributed by atoms with Crippen LogP contribution in [0.2, 0.25) is 0 Å². The van der Waals surface area contributed by atoms with Crippen LogP contribution in [0.15, 0.2) is 30.3 Å². The maximum absolute atomic E-state index is 3.54. The van der Waals surface area contributed by atoms with Crippen LogP contribution in [-0.4, -0.2) is 6.54 Å². The number of hydrogen-bond acceptors (Lipinski definition) is 1. The molecule has 0 unspecified atom stereocenters. The van der Waals surface area contributed by atoms with Gasteiger partial charge in [0.05, 0.1) is 0 Å². The van der Waals surface area contributed by atoms with E-state index in [4.69, 9.17) is 0 Å². The zero-order valence-corrected chi connectivity index (χ0v) is 10.00. The summed E-state index contributed by atoms with van der Waals surface area (Å²) in [5.74, 6) is 0. The summed E-state index contributed by atoms with van der Waals surface area (Å²) in [6.07, 6.45) is 5.25. The highest BCUT2D eigenvalue weighted by Crippen LogP contribution is 2.21. The lowest BCUT2D eigenvalue weighted by molar-refractivity contribution is 0.412. The van der Waals surface area contributed by atoms with Gasteiger partial charge in [0.1, 0.15) is 0 Å². The highest BCUT2D eigenvalue weighted by atomic mass is 14.9. The summed E-state index contributed by atoms with van der Waals surface area (Å²) in [5, 5.41) is 3.54. The van der Waals surface area contributed by atoms with Crippen LogP contribution in [0.25, 0.3) is 0 Å². The van der Waals surface area contributed by atoms with Gasteiger partial charge in [0.15, 0.2) is 0 Å². The first kappa shape index (κ1) is 12.3. The molecular weight excluding hydrogens is 182 g/mol. The van der Waals surface area contributed by atoms with E-state index in [2.05, 4.69) is 49.5 Å². The lowest BCUT2D eigenvalue weighted by atomic mass is 9.98. The van der Waals surface area contributed by atoms with Crippen molar-refractivity contribution in [1.29, 1.82) is 0 Å². The zero-order valence-electron chi connectivity index (χ0n) is 10.00. The van der Waals surface area contributed by atoms with Gasteiger partial charge in [-0.25, -0.2) is 0 Å². The van der Waals surface area contributed by atoms with Crippen molar-refractivity contribution in [3.8, 4) is 0 Å². The largest absolute Gasteiger partial charge is 0.310 e. The quantitative estimate of drug-likeness (QED) is 0.732. The van der Waals surface area contributed by atoms with E-state index in [-0.39, 0.29) is 0 Å². The Hall–Kier alpha value is -0.820. The predicted molar refractivity (Wildman–Crippen MR) is 67.0 cm³/mol. The Morgan fingerprint density at radius 1 is 1.13 bits per heavy atom. The second-order valence-electron chi connectivity index (χ2n) is 4.12. The Kier molecular flexibility index (Phi) is 6.10. The van der Waals surface area contributed by atoms with Gasteiger partial charge >= 0.3 is 0 Å². The van der Waals surface area contributed by atoms with Crippen molar-refractivity contribution < 1.29 is 0 Å². The molecule has 1 heteroatoms. The van der Waals surface area contributed by atoms with Gasteiger partial charge in [0, 0.05) is 6.04 Å². The van der Waals surface area contributed by atoms with Crippen molar-refractivity contribution in [1.82, 2.24) is 5.32 Å². The molecule has 0 amide bonds. The van der Waals surface area contributed by atoms with Crippen LogP contribution in [0.1, 0.15) is 51.1 Å². The van der Waals surface area contributed by atoms with Gasteiger partial charge in [-0.2, -0.15) is 0 Å². The monoisotopic (exact) mass is 205 g/mol. The van der Waals surface area contributed by atoms with Crippen molar-refractivity contribution in [3.63, 3.8) is 0 Å². The van der Waals surface area contributed by atoms with Crippen molar-refractivity contribution in [2.45, 2.75) is 45.6 Å². The molecule has 0 saturated carbocycles. The molecule has 2 rings (SSSR count). The summed E-state index contributed by atoms with van der Waals surface area (Å²) in [4.78, 5) is 0. The lowest BCUT2D eigenvalue weighted by Gasteiger charge is -2.23. The summed E-state index contributed by atoms with van der Waals surface area (Å²) < 4.78 is 0. The van der Waals surface area contributed by atoms with E-state index in [0.717, 1.165) is 0 Å². The number of hydrogen-bond donors (Lipinski definition) is 1. The molecule has 84 valence electrons. The molecule has 1 N–H and O–H groups in total. The van der Waals surface area contributed by atoms with Crippen LogP contribution >= 0.6 is 0 Å². The summed E-state index contributed by atoms with van der Waals surface area (Å²) in [6.45, 7) is 5.43. The molecule has 1 nitrogen and oxygen atoms in total. The van der Waals surface area contributed by atoms with Crippen molar-refractivity contribution in [2.75, 3.05) is 6.54 Å². The van der Waals surface area contributed by atoms with Gasteiger partial charge in [0.2, 0.25) is 0 Å². The Bertz CT molecular complexity index is 237. The summed E-state index contributed by atoms with van der Waals surface area (Å²) in [7, 11) is 0. The molecule has 0 aliphatic carbocycles. The summed E-state index contributed by atoms with van der Waals surface area (Å²) >= 11 is 0. The van der Waals surface area contributed by atoms with Gasteiger partial charge in [-0.05, 0) is 24.9 Å². The second-order valence-corrected chi connectivity index (χ2v) is 4.12. The number of rotatable bonds is 1. The van der Waals surface area contributed by atoms with Crippen LogP contribution in [0.3, 0.4) is 0 Å². The molecule has 0 aromatic heterocycles. The predicted octanol–water partition coefficient (Wildman–Crippen LogP) is 3.92. The molecule has 1 aliphatic heterocycles. The third kappa shape index (κ3) is 4.48. The van der Waals surface area contributed by atoms with E-state index in [1.54, 1.807) is 0 Å². The van der Waals surface area contributed by atoms with E-state index in [1.165, 1.54) is 37.8 Å². The standard InChI is InChI=1S/C11H15N.C3H8/c1-2-6-10(7-3-1)11-8-4-5-9-12-11;1-3-2/h1-3,6-7,11-12H,4-5,8-9H2;3H2,1-2H3/t11-;/m1./s1. The van der Waals surface area contributed by atoms with E-state index >= 15 is 0 Å². The Labute approximate surface area is 93.9 Å². The molecule has 1 aliphatic rings. The smallest absolute Gasteiger partial charge is 0.0320 e. The van der Waals surface area contributed by atoms with Crippen molar-refractivity contribution in [2.24, 2.45) is 0 Å². The van der Waals surface area contributed by atoms with E-state index in [0.29, 0.717) is 6.04 Å². The fraction of sp³-hybridized carbons (Fsp3) is 0.571. The van der Waals surface area contributed by atoms with E-state index < -0.39 is 0 Å². The van der Waals surface area contributed by atoms with Crippen LogP contribution in [0, 0.1) is 0 Å². The molecule has 0 radical (unpaired) electrons. The highest BCUT2D eigenvalue weighted by Gasteiger charge is 2.13. The first-order chi connectivity index (χ1) is 7.38. The van der Waals surface area contributed by atoms with Crippen molar-refractivity contribution in [3.05, 3.63) is 35.9 Å². The van der Waals surface area contributed by atoms with Gasteiger partial charge in [0.25, 0.3) is 0 Å². The van der Waals surface area contributed by atoms with Gasteiger partial charge in [-0.1, -0.05) is 57.0 Å². The third-order valence-electron chi connectivity index (χ3n) is 2.51. The Balaban J connectivity index is 0.000000337. The normalized spacial score (nSPS) is 20.3. The number of benzene rings is 1. The maximum atomic E-state index is 3.54. The van der Waals surface area contributed by atoms with Gasteiger partial charge in [-0.3, -0.25) is 0 Å². The maximum Gasteiger partial charge on any atom is 0.0320 e. The average molecular weight is 205 g/mol. The molecule has 1 atom stereocenters. The molecule has 15 heavy (non-hydrogen) atoms. The number of nitrogens with one attached hydrogen (secondary N) is 1. The Morgan fingerprint density at radius 3 is 2.33 bits per heavy atom. The highest BCUT2D eigenvalue weighted by molar-refractivity contribution is 5.19. The van der Waals surface area contributed by atoms with E-state index in [1.807, 2.05) is 0 Å². The molecule has 1 heterocycles. The summed E-state index contributed by atoms with van der Waals surface area (Å²) in [6, 6.07) is 11.3. The minimum atomic E-state index is 0.611. The third-order valence-corrected chi connectivity index (χ3v) is 2.51. The molecule has 1 saturated heterocycles. The first-order valence-electron chi connectivity index (χ1n) is 6.16. The minimum Gasteiger partial charge on any atom is -0.310 e. The first-order valence-corrected chi connectivity index (χ1v) is 6.16. The van der Waals surface area contributed by atoms with Crippen LogP contribution < -0.4 is 5.32 Å². The number of piperidine rings is 1. The molecule has 1 fully saturated rings. The fourth-order valence-electron chi connectivity index (χ4n) is 1.82. The molecule has 0 spiro atoms. The Morgan fingerprint density at radius 2 is 1.80 bits per heavy atom. The van der Waals surface area contributed by atoms with Crippen molar-refractivity contribution >= 4 is 0 Å². The lowest BCUT2D eigenvalue weighted by Crippen LogP contribution is -2.26. The SMILES string of the molecule is CCC.c1ccc([C@H]2CCCCN2)cc1. The minimum absolute atomic E-state index is 0.611. The molecular formula is C14H23N. The molecule has 0 bridgehead atoms. The van der Waals surface area contributed by atoms with Gasteiger partial charge < -0.3 is 5.32 Å². The van der Waals surface area contributed by atoms with Crippen LogP contribution in [0.5, 0.6) is 0 Å². The zero-order chi connectivity index (χ0) is 10.9. The average Bonchev–Trinajstić information content (AvgIpc) is 2.32. The van der Waals surface area contributed by atoms with Crippen LogP contribution in [-0.2, 0) is 0 Å². The molecule has 1 aromatic rings. The van der Waals surface area contributed by atoms with Crippen LogP contribution in [0.4, 0.5) is 0 Å². The van der Waals surface area contributed by atoms with E-state index in [9.17, 15) is 0 Å².